The van der Waals surface area contributed by atoms with Gasteiger partial charge in [0.25, 0.3) is 0 Å². The lowest BCUT2D eigenvalue weighted by atomic mass is 9.64. The number of nitrogens with zero attached hydrogens (tertiary/aromatic N) is 2. The summed E-state index contributed by atoms with van der Waals surface area (Å²) < 4.78 is 43.6. The maximum atomic E-state index is 13.1. The molecule has 3 unspecified atom stereocenters. The van der Waals surface area contributed by atoms with Crippen LogP contribution in [0.25, 0.3) is 0 Å². The molecule has 3 nitrogen and oxygen atoms in total. The molecule has 4 rings (SSSR count). The van der Waals surface area contributed by atoms with E-state index >= 15 is 0 Å². The quantitative estimate of drug-likeness (QED) is 0.445. The van der Waals surface area contributed by atoms with Crippen molar-refractivity contribution in [2.24, 2.45) is 5.92 Å². The lowest BCUT2D eigenvalue weighted by molar-refractivity contribution is -0.274. The highest BCUT2D eigenvalue weighted by Gasteiger charge is 2.55. The van der Waals surface area contributed by atoms with Crippen LogP contribution in [0.4, 0.5) is 13.2 Å². The minimum absolute atomic E-state index is 0.0856. The number of halogens is 3. The van der Waals surface area contributed by atoms with Gasteiger partial charge in [0.2, 0.25) is 0 Å². The van der Waals surface area contributed by atoms with E-state index in [-0.39, 0.29) is 23.1 Å². The third-order valence-corrected chi connectivity index (χ3v) is 7.12. The smallest absolute Gasteiger partial charge is 0.406 e. The van der Waals surface area contributed by atoms with Crippen molar-refractivity contribution < 1.29 is 17.9 Å². The summed E-state index contributed by atoms with van der Waals surface area (Å²) in [5, 5.41) is 9.09. The van der Waals surface area contributed by atoms with E-state index in [1.54, 1.807) is 12.1 Å². The number of likely N-dealkylation sites (tertiary alicyclic amines) is 1. The zero-order valence-corrected chi connectivity index (χ0v) is 19.0. The van der Waals surface area contributed by atoms with Crippen molar-refractivity contribution in [2.45, 2.75) is 57.3 Å². The Morgan fingerprint density at radius 2 is 2.00 bits per heavy atom. The van der Waals surface area contributed by atoms with Gasteiger partial charge in [-0.05, 0) is 73.0 Å². The predicted octanol–water partition coefficient (Wildman–Crippen LogP) is 6.91. The number of alkyl halides is 3. The summed E-state index contributed by atoms with van der Waals surface area (Å²) in [4.78, 5) is 2.40. The standard InChI is InChI=1S/C27H29F3N2O/c1-3-14-26(20-8-5-4-6-9-20)23-10-7-16-32(18-19(2)13-15-31)25(23)22-12-11-21(17-24(22)26)33-27(28,29)30/h4-6,8-9,11-13,17,23,25H,3,7,10,14,16,18H2,1-2H3. The molecular weight excluding hydrogens is 425 g/mol. The molecule has 2 aromatic carbocycles. The third kappa shape index (κ3) is 4.39. The van der Waals surface area contributed by atoms with Crippen LogP contribution in [-0.4, -0.2) is 24.4 Å². The van der Waals surface area contributed by atoms with Crippen molar-refractivity contribution in [3.63, 3.8) is 0 Å². The second-order valence-corrected chi connectivity index (χ2v) is 9.17. The van der Waals surface area contributed by atoms with E-state index in [2.05, 4.69) is 34.8 Å². The first-order chi connectivity index (χ1) is 15.8. The molecule has 1 saturated heterocycles. The highest BCUT2D eigenvalue weighted by atomic mass is 19.4. The largest absolute Gasteiger partial charge is 0.573 e. The SMILES string of the molecule is CCCC1(c2ccccc2)c2cc(OC(F)(F)F)ccc2C2C1CCCN2CC(C)=CC#N. The maximum Gasteiger partial charge on any atom is 0.573 e. The van der Waals surface area contributed by atoms with Gasteiger partial charge in [-0.15, -0.1) is 13.2 Å². The monoisotopic (exact) mass is 454 g/mol. The van der Waals surface area contributed by atoms with Gasteiger partial charge in [0.05, 0.1) is 6.07 Å². The molecule has 2 aromatic rings. The van der Waals surface area contributed by atoms with Crippen molar-refractivity contribution in [1.82, 2.24) is 4.90 Å². The molecule has 0 spiro atoms. The molecule has 2 aliphatic rings. The molecule has 33 heavy (non-hydrogen) atoms. The van der Waals surface area contributed by atoms with E-state index < -0.39 is 6.36 Å². The molecule has 0 amide bonds. The Balaban J connectivity index is 1.90. The van der Waals surface area contributed by atoms with Gasteiger partial charge in [-0.25, -0.2) is 0 Å². The summed E-state index contributed by atoms with van der Waals surface area (Å²) in [7, 11) is 0. The molecular formula is C27H29F3N2O. The first-order valence-electron chi connectivity index (χ1n) is 11.5. The van der Waals surface area contributed by atoms with Gasteiger partial charge in [-0.1, -0.05) is 49.7 Å². The van der Waals surface area contributed by atoms with E-state index in [9.17, 15) is 13.2 Å². The molecule has 0 bridgehead atoms. The molecule has 1 fully saturated rings. The summed E-state index contributed by atoms with van der Waals surface area (Å²) in [6.45, 7) is 5.66. The van der Waals surface area contributed by atoms with Crippen LogP contribution in [0.1, 0.15) is 62.3 Å². The number of rotatable bonds is 6. The van der Waals surface area contributed by atoms with Gasteiger partial charge in [-0.3, -0.25) is 4.90 Å². The van der Waals surface area contributed by atoms with Crippen LogP contribution in [0.15, 0.2) is 60.2 Å². The average Bonchev–Trinajstić information content (AvgIpc) is 3.05. The summed E-state index contributed by atoms with van der Waals surface area (Å²) in [5.41, 5.74) is 3.78. The number of hydrogen-bond donors (Lipinski definition) is 0. The minimum Gasteiger partial charge on any atom is -0.406 e. The number of hydrogen-bond acceptors (Lipinski definition) is 3. The van der Waals surface area contributed by atoms with Crippen molar-refractivity contribution in [2.75, 3.05) is 13.1 Å². The second-order valence-electron chi connectivity index (χ2n) is 9.17. The molecule has 6 heteroatoms. The van der Waals surface area contributed by atoms with Gasteiger partial charge in [0, 0.05) is 24.1 Å². The van der Waals surface area contributed by atoms with Crippen LogP contribution in [0, 0.1) is 17.2 Å². The second kappa shape index (κ2) is 9.23. The van der Waals surface area contributed by atoms with Crippen LogP contribution >= 0.6 is 0 Å². The topological polar surface area (TPSA) is 36.3 Å². The molecule has 0 aromatic heterocycles. The van der Waals surface area contributed by atoms with Gasteiger partial charge in [0.15, 0.2) is 0 Å². The molecule has 0 saturated carbocycles. The van der Waals surface area contributed by atoms with Crippen molar-refractivity contribution in [1.29, 1.82) is 5.26 Å². The molecule has 174 valence electrons. The Bertz CT molecular complexity index is 1060. The van der Waals surface area contributed by atoms with Crippen LogP contribution in [0.5, 0.6) is 5.75 Å². The summed E-state index contributed by atoms with van der Waals surface area (Å²) in [6.07, 6.45) is 0.623. The van der Waals surface area contributed by atoms with Crippen molar-refractivity contribution >= 4 is 0 Å². The lowest BCUT2D eigenvalue weighted by Gasteiger charge is -2.45. The van der Waals surface area contributed by atoms with E-state index in [0.717, 1.165) is 54.5 Å². The van der Waals surface area contributed by atoms with E-state index in [1.807, 2.05) is 31.2 Å². The number of fused-ring (bicyclic) bond motifs is 3. The summed E-state index contributed by atoms with van der Waals surface area (Å²) in [6, 6.07) is 17.3. The van der Waals surface area contributed by atoms with Crippen LogP contribution < -0.4 is 4.74 Å². The Labute approximate surface area is 193 Å². The number of ether oxygens (including phenoxy) is 1. The number of benzene rings is 2. The van der Waals surface area contributed by atoms with Crippen LogP contribution in [-0.2, 0) is 5.41 Å². The fourth-order valence-corrected chi connectivity index (χ4v) is 6.19. The molecule has 0 N–H and O–H groups in total. The summed E-state index contributed by atoms with van der Waals surface area (Å²) >= 11 is 0. The molecule has 0 radical (unpaired) electrons. The average molecular weight is 455 g/mol. The van der Waals surface area contributed by atoms with E-state index in [4.69, 9.17) is 5.26 Å². The van der Waals surface area contributed by atoms with Crippen LogP contribution in [0.2, 0.25) is 0 Å². The van der Waals surface area contributed by atoms with Gasteiger partial charge >= 0.3 is 6.36 Å². The number of allylic oxidation sites excluding steroid dienone is 1. The first-order valence-corrected chi connectivity index (χ1v) is 11.5. The Morgan fingerprint density at radius 3 is 2.67 bits per heavy atom. The van der Waals surface area contributed by atoms with Gasteiger partial charge in [-0.2, -0.15) is 5.26 Å². The predicted molar refractivity (Wildman–Crippen MR) is 122 cm³/mol. The number of nitriles is 1. The zero-order valence-electron chi connectivity index (χ0n) is 19.0. The van der Waals surface area contributed by atoms with E-state index in [1.165, 1.54) is 6.07 Å². The van der Waals surface area contributed by atoms with Gasteiger partial charge < -0.3 is 4.74 Å². The summed E-state index contributed by atoms with van der Waals surface area (Å²) in [5.74, 6) is 0.0723. The van der Waals surface area contributed by atoms with Crippen molar-refractivity contribution in [3.05, 3.63) is 76.9 Å². The zero-order chi connectivity index (χ0) is 23.6. The third-order valence-electron chi connectivity index (χ3n) is 7.12. The lowest BCUT2D eigenvalue weighted by Crippen LogP contribution is -2.44. The Kier molecular flexibility index (Phi) is 6.54. The highest BCUT2D eigenvalue weighted by Crippen LogP contribution is 2.61. The number of piperidine rings is 1. The van der Waals surface area contributed by atoms with Crippen LogP contribution in [0.3, 0.4) is 0 Å². The fourth-order valence-electron chi connectivity index (χ4n) is 6.19. The first kappa shape index (κ1) is 23.4. The Morgan fingerprint density at radius 1 is 1.24 bits per heavy atom. The van der Waals surface area contributed by atoms with E-state index in [0.29, 0.717) is 6.54 Å². The molecule has 1 aliphatic heterocycles. The molecule has 1 aliphatic carbocycles. The minimum atomic E-state index is -4.73. The Hall–Kier alpha value is -2.78. The van der Waals surface area contributed by atoms with Gasteiger partial charge in [0.1, 0.15) is 5.75 Å². The molecule has 3 atom stereocenters. The molecule has 1 heterocycles. The van der Waals surface area contributed by atoms with Crippen molar-refractivity contribution in [3.8, 4) is 11.8 Å². The normalized spacial score (nSPS) is 25.3. The highest BCUT2D eigenvalue weighted by molar-refractivity contribution is 5.54. The fraction of sp³-hybridized carbons (Fsp3) is 0.444. The maximum absolute atomic E-state index is 13.1.